The lowest BCUT2D eigenvalue weighted by molar-refractivity contribution is 1.12. The molecule has 0 atom stereocenters. The summed E-state index contributed by atoms with van der Waals surface area (Å²) in [4.78, 5) is 4.74. The van der Waals surface area contributed by atoms with Crippen molar-refractivity contribution in [1.29, 1.82) is 0 Å². The monoisotopic (exact) mass is 309 g/mol. The number of pyridine rings is 1. The van der Waals surface area contributed by atoms with Crippen molar-refractivity contribution in [3.8, 4) is 22.4 Å². The number of fused-ring (bicyclic) bond motifs is 1. The zero-order valence-electron chi connectivity index (χ0n) is 13.7. The van der Waals surface area contributed by atoms with E-state index in [0.29, 0.717) is 0 Å². The smallest absolute Gasteiger partial charge is 0.0705 e. The Morgan fingerprint density at radius 3 is 2.33 bits per heavy atom. The standard InChI is InChI=1S/C23H19N/c1-2-17-15-23(19-10-4-3-5-11-19)24-16-22(17)21-14-8-12-18-9-6-7-13-20(18)21/h3-16H,2H2,1H3. The number of aromatic nitrogens is 1. The van der Waals surface area contributed by atoms with Crippen LogP contribution in [-0.2, 0) is 6.42 Å². The Morgan fingerprint density at radius 1 is 0.750 bits per heavy atom. The third kappa shape index (κ3) is 2.59. The van der Waals surface area contributed by atoms with Gasteiger partial charge in [-0.3, -0.25) is 4.98 Å². The van der Waals surface area contributed by atoms with Gasteiger partial charge in [-0.15, -0.1) is 0 Å². The van der Waals surface area contributed by atoms with E-state index in [-0.39, 0.29) is 0 Å². The van der Waals surface area contributed by atoms with Gasteiger partial charge in [0.1, 0.15) is 0 Å². The molecular formula is C23H19N. The van der Waals surface area contributed by atoms with Gasteiger partial charge in [-0.25, -0.2) is 0 Å². The topological polar surface area (TPSA) is 12.9 Å². The highest BCUT2D eigenvalue weighted by molar-refractivity contribution is 5.97. The Balaban J connectivity index is 1.89. The highest BCUT2D eigenvalue weighted by atomic mass is 14.7. The summed E-state index contributed by atoms with van der Waals surface area (Å²) >= 11 is 0. The van der Waals surface area contributed by atoms with Crippen molar-refractivity contribution in [1.82, 2.24) is 4.98 Å². The molecule has 1 nitrogen and oxygen atoms in total. The summed E-state index contributed by atoms with van der Waals surface area (Å²) in [6.07, 6.45) is 3.02. The molecule has 1 aromatic heterocycles. The Kier molecular flexibility index (Phi) is 3.84. The van der Waals surface area contributed by atoms with Crippen molar-refractivity contribution < 1.29 is 0 Å². The molecule has 24 heavy (non-hydrogen) atoms. The molecule has 4 aromatic rings. The molecule has 0 unspecified atom stereocenters. The predicted octanol–water partition coefficient (Wildman–Crippen LogP) is 6.13. The van der Waals surface area contributed by atoms with Gasteiger partial charge in [0, 0.05) is 17.3 Å². The first-order valence-electron chi connectivity index (χ1n) is 8.39. The van der Waals surface area contributed by atoms with Crippen molar-refractivity contribution in [3.05, 3.63) is 90.6 Å². The molecule has 0 radical (unpaired) electrons. The Labute approximate surface area is 142 Å². The zero-order chi connectivity index (χ0) is 16.4. The Morgan fingerprint density at radius 2 is 1.50 bits per heavy atom. The molecule has 0 bridgehead atoms. The Hall–Kier alpha value is -2.93. The minimum atomic E-state index is 0.987. The average Bonchev–Trinajstić information content (AvgIpc) is 2.68. The molecule has 0 amide bonds. The second kappa shape index (κ2) is 6.29. The quantitative estimate of drug-likeness (QED) is 0.443. The van der Waals surface area contributed by atoms with Crippen LogP contribution in [0, 0.1) is 0 Å². The van der Waals surface area contributed by atoms with Crippen LogP contribution in [0.15, 0.2) is 85.1 Å². The van der Waals surface area contributed by atoms with Crippen molar-refractivity contribution >= 4 is 10.8 Å². The van der Waals surface area contributed by atoms with E-state index >= 15 is 0 Å². The fourth-order valence-electron chi connectivity index (χ4n) is 3.26. The van der Waals surface area contributed by atoms with Gasteiger partial charge in [0.15, 0.2) is 0 Å². The number of hydrogen-bond donors (Lipinski definition) is 0. The molecular weight excluding hydrogens is 290 g/mol. The van der Waals surface area contributed by atoms with Gasteiger partial charge < -0.3 is 0 Å². The van der Waals surface area contributed by atoms with Gasteiger partial charge >= 0.3 is 0 Å². The first kappa shape index (κ1) is 14.6. The zero-order valence-corrected chi connectivity index (χ0v) is 13.7. The Bertz CT molecular complexity index is 982. The maximum absolute atomic E-state index is 4.74. The van der Waals surface area contributed by atoms with E-state index < -0.39 is 0 Å². The molecule has 1 heterocycles. The third-order valence-electron chi connectivity index (χ3n) is 4.52. The van der Waals surface area contributed by atoms with E-state index in [9.17, 15) is 0 Å². The lowest BCUT2D eigenvalue weighted by atomic mass is 9.94. The molecule has 0 aliphatic rings. The second-order valence-electron chi connectivity index (χ2n) is 5.97. The molecule has 0 N–H and O–H groups in total. The summed E-state index contributed by atoms with van der Waals surface area (Å²) in [6.45, 7) is 2.21. The molecule has 0 spiro atoms. The van der Waals surface area contributed by atoms with Crippen LogP contribution in [0.25, 0.3) is 33.2 Å². The molecule has 0 aliphatic heterocycles. The lowest BCUT2D eigenvalue weighted by Gasteiger charge is -2.12. The van der Waals surface area contributed by atoms with Crippen LogP contribution < -0.4 is 0 Å². The third-order valence-corrected chi connectivity index (χ3v) is 4.52. The maximum atomic E-state index is 4.74. The molecule has 0 aliphatic carbocycles. The molecule has 0 saturated carbocycles. The number of benzene rings is 3. The maximum Gasteiger partial charge on any atom is 0.0705 e. The van der Waals surface area contributed by atoms with Crippen LogP contribution in [-0.4, -0.2) is 4.98 Å². The molecule has 4 rings (SSSR count). The molecule has 116 valence electrons. The van der Waals surface area contributed by atoms with Gasteiger partial charge in [-0.05, 0) is 34.4 Å². The van der Waals surface area contributed by atoms with Crippen LogP contribution in [0.4, 0.5) is 0 Å². The van der Waals surface area contributed by atoms with E-state index in [1.165, 1.54) is 27.5 Å². The van der Waals surface area contributed by atoms with Crippen molar-refractivity contribution in [2.45, 2.75) is 13.3 Å². The molecule has 0 saturated heterocycles. The van der Waals surface area contributed by atoms with Crippen LogP contribution in [0.2, 0.25) is 0 Å². The van der Waals surface area contributed by atoms with Gasteiger partial charge in [0.25, 0.3) is 0 Å². The van der Waals surface area contributed by atoms with Crippen LogP contribution in [0.3, 0.4) is 0 Å². The van der Waals surface area contributed by atoms with Gasteiger partial charge in [0.2, 0.25) is 0 Å². The molecule has 1 heteroatoms. The summed E-state index contributed by atoms with van der Waals surface area (Å²) in [5.41, 5.74) is 6.03. The number of aryl methyl sites for hydroxylation is 1. The number of hydrogen-bond acceptors (Lipinski definition) is 1. The fourth-order valence-corrected chi connectivity index (χ4v) is 3.26. The van der Waals surface area contributed by atoms with Crippen LogP contribution in [0.5, 0.6) is 0 Å². The number of rotatable bonds is 3. The summed E-state index contributed by atoms with van der Waals surface area (Å²) in [6, 6.07) is 27.6. The minimum absolute atomic E-state index is 0.987. The average molecular weight is 309 g/mol. The lowest BCUT2D eigenvalue weighted by Crippen LogP contribution is -1.93. The van der Waals surface area contributed by atoms with Crippen molar-refractivity contribution in [2.24, 2.45) is 0 Å². The van der Waals surface area contributed by atoms with Crippen molar-refractivity contribution in [3.63, 3.8) is 0 Å². The summed E-state index contributed by atoms with van der Waals surface area (Å²) in [5, 5.41) is 2.55. The number of nitrogens with zero attached hydrogens (tertiary/aromatic N) is 1. The SMILES string of the molecule is CCc1cc(-c2ccccc2)ncc1-c1cccc2ccccc12. The second-order valence-corrected chi connectivity index (χ2v) is 5.97. The van der Waals surface area contributed by atoms with E-state index in [2.05, 4.69) is 79.7 Å². The summed E-state index contributed by atoms with van der Waals surface area (Å²) in [5.74, 6) is 0. The first-order chi connectivity index (χ1) is 11.9. The van der Waals surface area contributed by atoms with Gasteiger partial charge in [-0.2, -0.15) is 0 Å². The first-order valence-corrected chi connectivity index (χ1v) is 8.39. The predicted molar refractivity (Wildman–Crippen MR) is 102 cm³/mol. The largest absolute Gasteiger partial charge is 0.256 e. The van der Waals surface area contributed by atoms with Gasteiger partial charge in [-0.1, -0.05) is 79.7 Å². The highest BCUT2D eigenvalue weighted by Gasteiger charge is 2.10. The van der Waals surface area contributed by atoms with E-state index in [4.69, 9.17) is 4.98 Å². The molecule has 0 fully saturated rings. The normalized spacial score (nSPS) is 10.9. The minimum Gasteiger partial charge on any atom is -0.256 e. The van der Waals surface area contributed by atoms with Crippen LogP contribution in [0.1, 0.15) is 12.5 Å². The van der Waals surface area contributed by atoms with E-state index in [0.717, 1.165) is 17.7 Å². The van der Waals surface area contributed by atoms with E-state index in [1.54, 1.807) is 0 Å². The molecule has 3 aromatic carbocycles. The fraction of sp³-hybridized carbons (Fsp3) is 0.0870. The highest BCUT2D eigenvalue weighted by Crippen LogP contribution is 2.32. The van der Waals surface area contributed by atoms with Gasteiger partial charge in [0.05, 0.1) is 5.69 Å². The summed E-state index contributed by atoms with van der Waals surface area (Å²) in [7, 11) is 0. The summed E-state index contributed by atoms with van der Waals surface area (Å²) < 4.78 is 0. The van der Waals surface area contributed by atoms with E-state index in [1.807, 2.05) is 12.3 Å². The van der Waals surface area contributed by atoms with Crippen LogP contribution >= 0.6 is 0 Å². The van der Waals surface area contributed by atoms with Crippen molar-refractivity contribution in [2.75, 3.05) is 0 Å².